The molecule has 0 unspecified atom stereocenters. The average Bonchev–Trinajstić information content (AvgIpc) is 2.58. The third-order valence-corrected chi connectivity index (χ3v) is 4.27. The number of rotatable bonds is 3. The largest absolute Gasteiger partial charge is 0.306 e. The summed E-state index contributed by atoms with van der Waals surface area (Å²) in [6, 6.07) is 9.80. The van der Waals surface area contributed by atoms with E-state index in [2.05, 4.69) is 16.9 Å². The van der Waals surface area contributed by atoms with Gasteiger partial charge in [0.25, 0.3) is 5.91 Å². The van der Waals surface area contributed by atoms with Gasteiger partial charge < -0.3 is 9.80 Å². The number of benzene rings is 1. The molecule has 1 saturated heterocycles. The Hall–Kier alpha value is -2.27. The second-order valence-electron chi connectivity index (χ2n) is 5.93. The highest BCUT2D eigenvalue weighted by Crippen LogP contribution is 2.26. The Bertz CT molecular complexity index is 669. The van der Waals surface area contributed by atoms with Gasteiger partial charge >= 0.3 is 0 Å². The fourth-order valence-corrected chi connectivity index (χ4v) is 3.00. The van der Waals surface area contributed by atoms with Crippen molar-refractivity contribution in [1.82, 2.24) is 9.88 Å². The van der Waals surface area contributed by atoms with Gasteiger partial charge in [0.15, 0.2) is 0 Å². The van der Waals surface area contributed by atoms with E-state index in [4.69, 9.17) is 0 Å². The van der Waals surface area contributed by atoms with E-state index in [1.54, 1.807) is 41.6 Å². The van der Waals surface area contributed by atoms with Crippen LogP contribution in [-0.2, 0) is 0 Å². The Morgan fingerprint density at radius 2 is 2.04 bits per heavy atom. The second kappa shape index (κ2) is 6.87. The summed E-state index contributed by atoms with van der Waals surface area (Å²) in [5, 5.41) is 0. The van der Waals surface area contributed by atoms with E-state index in [0.717, 1.165) is 25.9 Å². The molecule has 2 heterocycles. The third-order valence-electron chi connectivity index (χ3n) is 4.27. The highest BCUT2D eigenvalue weighted by molar-refractivity contribution is 6.06. The maximum absolute atomic E-state index is 13.7. The Morgan fingerprint density at radius 3 is 2.70 bits per heavy atom. The van der Waals surface area contributed by atoms with Gasteiger partial charge in [0.05, 0.1) is 5.56 Å². The summed E-state index contributed by atoms with van der Waals surface area (Å²) in [5.41, 5.74) is 1.13. The number of hydrogen-bond acceptors (Lipinski definition) is 3. The number of likely N-dealkylation sites (tertiary alicyclic amines) is 1. The molecular formula is C18H20FN3O. The number of hydrogen-bond donors (Lipinski definition) is 0. The number of piperidine rings is 1. The quantitative estimate of drug-likeness (QED) is 0.874. The number of halogens is 1. The molecule has 0 aliphatic carbocycles. The normalized spacial score (nSPS) is 16.3. The van der Waals surface area contributed by atoms with Gasteiger partial charge in [-0.05, 0) is 63.3 Å². The van der Waals surface area contributed by atoms with Crippen LogP contribution in [-0.4, -0.2) is 42.0 Å². The monoisotopic (exact) mass is 313 g/mol. The van der Waals surface area contributed by atoms with Crippen molar-refractivity contribution < 1.29 is 9.18 Å². The van der Waals surface area contributed by atoms with Crippen molar-refractivity contribution in [2.24, 2.45) is 0 Å². The molecule has 1 aliphatic heterocycles. The molecule has 0 N–H and O–H groups in total. The van der Waals surface area contributed by atoms with Crippen LogP contribution in [0.5, 0.6) is 0 Å². The molecule has 0 saturated carbocycles. The van der Waals surface area contributed by atoms with E-state index in [1.165, 1.54) is 12.1 Å². The third kappa shape index (κ3) is 3.56. The second-order valence-corrected chi connectivity index (χ2v) is 5.93. The standard InChI is InChI=1S/C18H20FN3O/c1-21-10-7-16(8-11-21)22(17-6-2-5-15(19)12-17)18(23)14-4-3-9-20-13-14/h2-6,9,12-13,16H,7-8,10-11H2,1H3. The molecule has 3 rings (SSSR count). The fraction of sp³-hybridized carbons (Fsp3) is 0.333. The minimum atomic E-state index is -0.334. The van der Waals surface area contributed by atoms with E-state index in [9.17, 15) is 9.18 Å². The molecule has 120 valence electrons. The van der Waals surface area contributed by atoms with E-state index in [-0.39, 0.29) is 17.8 Å². The predicted octanol–water partition coefficient (Wildman–Crippen LogP) is 2.96. The summed E-state index contributed by atoms with van der Waals surface area (Å²) in [4.78, 5) is 21.0. The molecule has 1 aromatic heterocycles. The Kier molecular flexibility index (Phi) is 4.67. The Balaban J connectivity index is 1.95. The fourth-order valence-electron chi connectivity index (χ4n) is 3.00. The van der Waals surface area contributed by atoms with Crippen molar-refractivity contribution in [2.75, 3.05) is 25.0 Å². The van der Waals surface area contributed by atoms with Crippen molar-refractivity contribution in [2.45, 2.75) is 18.9 Å². The lowest BCUT2D eigenvalue weighted by atomic mass is 10.0. The van der Waals surface area contributed by atoms with Crippen LogP contribution in [0.25, 0.3) is 0 Å². The van der Waals surface area contributed by atoms with Crippen LogP contribution in [0.1, 0.15) is 23.2 Å². The van der Waals surface area contributed by atoms with Gasteiger partial charge in [-0.1, -0.05) is 6.07 Å². The Morgan fingerprint density at radius 1 is 1.26 bits per heavy atom. The molecular weight excluding hydrogens is 293 g/mol. The first-order valence-electron chi connectivity index (χ1n) is 7.83. The van der Waals surface area contributed by atoms with Gasteiger partial charge in [0, 0.05) is 24.1 Å². The molecule has 1 aliphatic rings. The van der Waals surface area contributed by atoms with Crippen LogP contribution in [0, 0.1) is 5.82 Å². The van der Waals surface area contributed by atoms with Crippen molar-refractivity contribution in [1.29, 1.82) is 0 Å². The van der Waals surface area contributed by atoms with Gasteiger partial charge in [-0.25, -0.2) is 4.39 Å². The van der Waals surface area contributed by atoms with Gasteiger partial charge in [-0.15, -0.1) is 0 Å². The van der Waals surface area contributed by atoms with Crippen molar-refractivity contribution in [3.05, 3.63) is 60.2 Å². The Labute approximate surface area is 135 Å². The lowest BCUT2D eigenvalue weighted by Crippen LogP contribution is -2.47. The molecule has 1 aromatic carbocycles. The van der Waals surface area contributed by atoms with Crippen LogP contribution < -0.4 is 4.90 Å². The van der Waals surface area contributed by atoms with Gasteiger partial charge in [-0.2, -0.15) is 0 Å². The molecule has 0 bridgehead atoms. The van der Waals surface area contributed by atoms with E-state index < -0.39 is 0 Å². The molecule has 0 atom stereocenters. The maximum Gasteiger partial charge on any atom is 0.260 e. The predicted molar refractivity (Wildman–Crippen MR) is 88.0 cm³/mol. The molecule has 0 spiro atoms. The summed E-state index contributed by atoms with van der Waals surface area (Å²) in [6.07, 6.45) is 4.94. The number of carbonyl (C=O) groups excluding carboxylic acids is 1. The molecule has 4 nitrogen and oxygen atoms in total. The molecule has 0 radical (unpaired) electrons. The first-order valence-corrected chi connectivity index (χ1v) is 7.83. The topological polar surface area (TPSA) is 36.4 Å². The molecule has 23 heavy (non-hydrogen) atoms. The minimum Gasteiger partial charge on any atom is -0.306 e. The lowest BCUT2D eigenvalue weighted by molar-refractivity contribution is 0.0963. The smallest absolute Gasteiger partial charge is 0.260 e. The van der Waals surface area contributed by atoms with Crippen LogP contribution in [0.4, 0.5) is 10.1 Å². The van der Waals surface area contributed by atoms with Crippen molar-refractivity contribution >= 4 is 11.6 Å². The van der Waals surface area contributed by atoms with Crippen molar-refractivity contribution in [3.8, 4) is 0 Å². The van der Waals surface area contributed by atoms with E-state index in [1.807, 2.05) is 0 Å². The first-order chi connectivity index (χ1) is 11.1. The van der Waals surface area contributed by atoms with Crippen LogP contribution in [0.2, 0.25) is 0 Å². The summed E-state index contributed by atoms with van der Waals surface area (Å²) >= 11 is 0. The highest BCUT2D eigenvalue weighted by Gasteiger charge is 2.29. The summed E-state index contributed by atoms with van der Waals surface area (Å²) < 4.78 is 13.7. The number of carbonyl (C=O) groups is 1. The lowest BCUT2D eigenvalue weighted by Gasteiger charge is -2.37. The van der Waals surface area contributed by atoms with E-state index in [0.29, 0.717) is 11.3 Å². The van der Waals surface area contributed by atoms with Gasteiger partial charge in [0.2, 0.25) is 0 Å². The molecule has 5 heteroatoms. The van der Waals surface area contributed by atoms with Crippen molar-refractivity contribution in [3.63, 3.8) is 0 Å². The van der Waals surface area contributed by atoms with E-state index >= 15 is 0 Å². The summed E-state index contributed by atoms with van der Waals surface area (Å²) in [5.74, 6) is -0.460. The van der Waals surface area contributed by atoms with Gasteiger partial charge in [0.1, 0.15) is 5.82 Å². The first kappa shape index (κ1) is 15.6. The number of anilines is 1. The zero-order chi connectivity index (χ0) is 16.2. The molecule has 1 amide bonds. The number of aromatic nitrogens is 1. The zero-order valence-electron chi connectivity index (χ0n) is 13.2. The SMILES string of the molecule is CN1CCC(N(C(=O)c2cccnc2)c2cccc(F)c2)CC1. The van der Waals surface area contributed by atoms with Crippen LogP contribution in [0.15, 0.2) is 48.8 Å². The number of amides is 1. The zero-order valence-corrected chi connectivity index (χ0v) is 13.2. The number of nitrogens with zero attached hydrogens (tertiary/aromatic N) is 3. The van der Waals surface area contributed by atoms with Crippen LogP contribution in [0.3, 0.4) is 0 Å². The molecule has 1 fully saturated rings. The molecule has 2 aromatic rings. The maximum atomic E-state index is 13.7. The minimum absolute atomic E-state index is 0.0701. The van der Waals surface area contributed by atoms with Gasteiger partial charge in [-0.3, -0.25) is 9.78 Å². The summed E-state index contributed by atoms with van der Waals surface area (Å²) in [7, 11) is 2.08. The highest BCUT2D eigenvalue weighted by atomic mass is 19.1. The van der Waals surface area contributed by atoms with Crippen LogP contribution >= 0.6 is 0 Å². The average molecular weight is 313 g/mol. The number of pyridine rings is 1. The summed E-state index contributed by atoms with van der Waals surface area (Å²) in [6.45, 7) is 1.85.